The number of sulfonamides is 1. The van der Waals surface area contributed by atoms with Crippen molar-refractivity contribution in [1.82, 2.24) is 14.2 Å². The molecule has 1 aliphatic heterocycles. The van der Waals surface area contributed by atoms with Gasteiger partial charge in [-0.05, 0) is 38.9 Å². The van der Waals surface area contributed by atoms with Gasteiger partial charge in [-0.15, -0.1) is 0 Å². The van der Waals surface area contributed by atoms with Gasteiger partial charge in [0.2, 0.25) is 10.0 Å². The molecule has 0 aliphatic carbocycles. The van der Waals surface area contributed by atoms with E-state index in [1.807, 2.05) is 0 Å². The summed E-state index contributed by atoms with van der Waals surface area (Å²) in [6, 6.07) is 1.61. The van der Waals surface area contributed by atoms with Gasteiger partial charge in [0.05, 0.1) is 7.11 Å². The van der Waals surface area contributed by atoms with E-state index < -0.39 is 16.0 Å². The molecule has 0 aromatic carbocycles. The van der Waals surface area contributed by atoms with Crippen LogP contribution in [0.3, 0.4) is 0 Å². The highest BCUT2D eigenvalue weighted by molar-refractivity contribution is 7.89. The lowest BCUT2D eigenvalue weighted by Gasteiger charge is -2.22. The predicted octanol–water partition coefficient (Wildman–Crippen LogP) is 0.883. The summed E-state index contributed by atoms with van der Waals surface area (Å²) in [5.74, 6) is -0.551. The summed E-state index contributed by atoms with van der Waals surface area (Å²) in [7, 11) is -0.735. The Bertz CT molecular complexity index is 681. The molecule has 1 N–H and O–H groups in total. The van der Waals surface area contributed by atoms with E-state index in [0.29, 0.717) is 12.2 Å². The van der Waals surface area contributed by atoms with E-state index in [0.717, 1.165) is 25.9 Å². The third-order valence-corrected chi connectivity index (χ3v) is 6.13. The molecule has 1 saturated heterocycles. The van der Waals surface area contributed by atoms with Crippen LogP contribution in [0.2, 0.25) is 0 Å². The second kappa shape index (κ2) is 7.02. The van der Waals surface area contributed by atoms with Gasteiger partial charge in [0, 0.05) is 25.3 Å². The number of hydrogen-bond acceptors (Lipinski definition) is 5. The number of aromatic nitrogens is 1. The smallest absolute Gasteiger partial charge is 0.354 e. The first kappa shape index (κ1) is 18.0. The van der Waals surface area contributed by atoms with E-state index in [1.165, 1.54) is 17.7 Å². The lowest BCUT2D eigenvalue weighted by molar-refractivity contribution is 0.0589. The van der Waals surface area contributed by atoms with Crippen LogP contribution in [0.25, 0.3) is 0 Å². The van der Waals surface area contributed by atoms with Gasteiger partial charge in [-0.1, -0.05) is 6.92 Å². The monoisotopic (exact) mass is 343 g/mol. The Morgan fingerprint density at radius 2 is 2.17 bits per heavy atom. The Morgan fingerprint density at radius 3 is 2.78 bits per heavy atom. The summed E-state index contributed by atoms with van der Waals surface area (Å²) in [5.41, 5.74) is 0.734. The Morgan fingerprint density at radius 1 is 1.48 bits per heavy atom. The average molecular weight is 343 g/mol. The highest BCUT2D eigenvalue weighted by Gasteiger charge is 2.28. The number of nitrogens with one attached hydrogen (secondary N) is 1. The van der Waals surface area contributed by atoms with Gasteiger partial charge in [0.15, 0.2) is 0 Å². The largest absolute Gasteiger partial charge is 0.464 e. The summed E-state index contributed by atoms with van der Waals surface area (Å²) >= 11 is 0. The Labute approximate surface area is 137 Å². The standard InChI is InChI=1S/C15H25N3O4S/c1-5-18-8-6-7-12(18)10-16-23(20,21)14-9-13(15(19)22-4)17(3)11(14)2/h9,12,16H,5-8,10H2,1-4H3. The molecule has 7 nitrogen and oxygen atoms in total. The van der Waals surface area contributed by atoms with Crippen molar-refractivity contribution in [2.75, 3.05) is 26.7 Å². The van der Waals surface area contributed by atoms with Crippen molar-refractivity contribution >= 4 is 16.0 Å². The molecule has 23 heavy (non-hydrogen) atoms. The van der Waals surface area contributed by atoms with Crippen LogP contribution in [-0.2, 0) is 21.8 Å². The number of carbonyl (C=O) groups is 1. The quantitative estimate of drug-likeness (QED) is 0.776. The van der Waals surface area contributed by atoms with Crippen LogP contribution in [0.15, 0.2) is 11.0 Å². The minimum Gasteiger partial charge on any atom is -0.464 e. The van der Waals surface area contributed by atoms with Crippen LogP contribution in [-0.4, -0.2) is 56.6 Å². The zero-order valence-electron chi connectivity index (χ0n) is 14.1. The van der Waals surface area contributed by atoms with Crippen molar-refractivity contribution in [2.24, 2.45) is 7.05 Å². The van der Waals surface area contributed by atoms with E-state index in [-0.39, 0.29) is 16.6 Å². The highest BCUT2D eigenvalue weighted by atomic mass is 32.2. The number of likely N-dealkylation sites (tertiary alicyclic amines) is 1. The molecule has 1 unspecified atom stereocenters. The zero-order valence-corrected chi connectivity index (χ0v) is 14.9. The normalized spacial score (nSPS) is 19.2. The number of likely N-dealkylation sites (N-methyl/N-ethyl adjacent to an activating group) is 1. The van der Waals surface area contributed by atoms with E-state index in [2.05, 4.69) is 21.3 Å². The number of nitrogens with zero attached hydrogens (tertiary/aromatic N) is 2. The topological polar surface area (TPSA) is 80.6 Å². The van der Waals surface area contributed by atoms with Gasteiger partial charge in [-0.3, -0.25) is 4.90 Å². The highest BCUT2D eigenvalue weighted by Crippen LogP contribution is 2.21. The summed E-state index contributed by atoms with van der Waals surface area (Å²) in [6.07, 6.45) is 2.09. The van der Waals surface area contributed by atoms with Gasteiger partial charge < -0.3 is 9.30 Å². The third kappa shape index (κ3) is 3.59. The minimum absolute atomic E-state index is 0.126. The van der Waals surface area contributed by atoms with Crippen LogP contribution in [0.4, 0.5) is 0 Å². The van der Waals surface area contributed by atoms with Crippen LogP contribution in [0, 0.1) is 6.92 Å². The second-order valence-electron chi connectivity index (χ2n) is 5.81. The molecule has 130 valence electrons. The Kier molecular flexibility index (Phi) is 5.49. The van der Waals surface area contributed by atoms with Gasteiger partial charge in [-0.25, -0.2) is 17.9 Å². The molecule has 1 aromatic rings. The fourth-order valence-electron chi connectivity index (χ4n) is 3.07. The fraction of sp³-hybridized carbons (Fsp3) is 0.667. The van der Waals surface area contributed by atoms with Gasteiger partial charge >= 0.3 is 5.97 Å². The minimum atomic E-state index is -3.66. The Balaban J connectivity index is 2.18. The molecular formula is C15H25N3O4S. The number of hydrogen-bond donors (Lipinski definition) is 1. The van der Waals surface area contributed by atoms with Gasteiger partial charge in [-0.2, -0.15) is 0 Å². The molecule has 0 saturated carbocycles. The second-order valence-corrected chi connectivity index (χ2v) is 7.54. The van der Waals surface area contributed by atoms with Crippen LogP contribution >= 0.6 is 0 Å². The van der Waals surface area contributed by atoms with Crippen LogP contribution in [0.1, 0.15) is 35.9 Å². The summed E-state index contributed by atoms with van der Waals surface area (Å²) in [5, 5.41) is 0. The number of esters is 1. The maximum absolute atomic E-state index is 12.6. The van der Waals surface area contributed by atoms with Crippen molar-refractivity contribution in [3.8, 4) is 0 Å². The van der Waals surface area contributed by atoms with E-state index in [9.17, 15) is 13.2 Å². The molecule has 0 amide bonds. The SMILES string of the molecule is CCN1CCCC1CNS(=O)(=O)c1cc(C(=O)OC)n(C)c1C. The van der Waals surface area contributed by atoms with E-state index in [4.69, 9.17) is 0 Å². The molecular weight excluding hydrogens is 318 g/mol. The molecule has 1 aliphatic rings. The van der Waals surface area contributed by atoms with Gasteiger partial charge in [0.1, 0.15) is 10.6 Å². The van der Waals surface area contributed by atoms with E-state index in [1.54, 1.807) is 14.0 Å². The van der Waals surface area contributed by atoms with Crippen molar-refractivity contribution in [2.45, 2.75) is 37.6 Å². The first-order valence-electron chi connectivity index (χ1n) is 7.80. The zero-order chi connectivity index (χ0) is 17.2. The lowest BCUT2D eigenvalue weighted by atomic mass is 10.2. The van der Waals surface area contributed by atoms with E-state index >= 15 is 0 Å². The number of methoxy groups -OCH3 is 1. The molecule has 0 bridgehead atoms. The maximum atomic E-state index is 12.6. The lowest BCUT2D eigenvalue weighted by Crippen LogP contribution is -2.40. The summed E-state index contributed by atoms with van der Waals surface area (Å²) < 4.78 is 34.1. The number of ether oxygens (including phenoxy) is 1. The molecule has 1 aromatic heterocycles. The number of rotatable bonds is 6. The van der Waals surface area contributed by atoms with Crippen molar-refractivity contribution in [3.63, 3.8) is 0 Å². The van der Waals surface area contributed by atoms with Crippen LogP contribution < -0.4 is 4.72 Å². The molecule has 1 atom stereocenters. The maximum Gasteiger partial charge on any atom is 0.354 e. The third-order valence-electron chi connectivity index (χ3n) is 4.59. The Hall–Kier alpha value is -1.38. The molecule has 1 fully saturated rings. The number of carbonyl (C=O) groups excluding carboxylic acids is 1. The first-order chi connectivity index (χ1) is 10.8. The average Bonchev–Trinajstić information content (AvgIpc) is 3.10. The van der Waals surface area contributed by atoms with Crippen LogP contribution in [0.5, 0.6) is 0 Å². The van der Waals surface area contributed by atoms with Crippen molar-refractivity contribution in [3.05, 3.63) is 17.5 Å². The fourth-order valence-corrected chi connectivity index (χ4v) is 4.43. The predicted molar refractivity (Wildman–Crippen MR) is 86.9 cm³/mol. The van der Waals surface area contributed by atoms with Gasteiger partial charge in [0.25, 0.3) is 0 Å². The summed E-state index contributed by atoms with van der Waals surface area (Å²) in [6.45, 7) is 6.08. The molecule has 2 rings (SSSR count). The molecule has 8 heteroatoms. The van der Waals surface area contributed by atoms with Crippen molar-refractivity contribution < 1.29 is 17.9 Å². The molecule has 0 radical (unpaired) electrons. The van der Waals surface area contributed by atoms with Crippen molar-refractivity contribution in [1.29, 1.82) is 0 Å². The molecule has 0 spiro atoms. The summed E-state index contributed by atoms with van der Waals surface area (Å²) in [4.78, 5) is 14.1. The first-order valence-corrected chi connectivity index (χ1v) is 9.28. The molecule has 2 heterocycles.